The monoisotopic (exact) mass is 377 g/mol. The summed E-state index contributed by atoms with van der Waals surface area (Å²) in [6.45, 7) is 4.17. The van der Waals surface area contributed by atoms with Gasteiger partial charge in [-0.25, -0.2) is 0 Å². The Morgan fingerprint density at radius 3 is 1.34 bits per heavy atom. The molecule has 0 radical (unpaired) electrons. The van der Waals surface area contributed by atoms with E-state index in [0.717, 1.165) is 17.1 Å². The molecular weight excluding hydrogens is 354 g/mol. The first-order chi connectivity index (χ1) is 14.1. The largest absolute Gasteiger partial charge is 0.311 e. The van der Waals surface area contributed by atoms with Gasteiger partial charge < -0.3 is 4.90 Å². The molecule has 0 N–H and O–H groups in total. The highest BCUT2D eigenvalue weighted by atomic mass is 16.1. The Labute approximate surface area is 172 Å². The Hall–Kier alpha value is -3.65. The van der Waals surface area contributed by atoms with E-state index in [2.05, 4.69) is 67.3 Å². The van der Waals surface area contributed by atoms with Crippen LogP contribution in [0.4, 0.5) is 17.1 Å². The van der Waals surface area contributed by atoms with Gasteiger partial charge in [0.25, 0.3) is 0 Å². The molecule has 2 nitrogen and oxygen atoms in total. The summed E-state index contributed by atoms with van der Waals surface area (Å²) in [6.07, 6.45) is 0. The molecule has 0 saturated carbocycles. The van der Waals surface area contributed by atoms with Crippen molar-refractivity contribution >= 4 is 22.8 Å². The molecule has 0 aliphatic carbocycles. The normalized spacial score (nSPS) is 10.6. The fourth-order valence-corrected chi connectivity index (χ4v) is 3.35. The topological polar surface area (TPSA) is 20.3 Å². The average molecular weight is 377 g/mol. The summed E-state index contributed by atoms with van der Waals surface area (Å²) in [5.74, 6) is 0.0365. The number of ketones is 1. The van der Waals surface area contributed by atoms with Gasteiger partial charge in [-0.3, -0.25) is 4.79 Å². The van der Waals surface area contributed by atoms with Crippen LogP contribution in [0.15, 0.2) is 103 Å². The average Bonchev–Trinajstić information content (AvgIpc) is 2.77. The maximum Gasteiger partial charge on any atom is 0.193 e. The number of hydrogen-bond acceptors (Lipinski definition) is 2. The minimum Gasteiger partial charge on any atom is -0.311 e. The Balaban J connectivity index is 1.72. The molecular formula is C27H23NO. The highest BCUT2D eigenvalue weighted by Gasteiger charge is 2.14. The number of anilines is 3. The Morgan fingerprint density at radius 1 is 0.517 bits per heavy atom. The number of carbonyl (C=O) groups is 1. The van der Waals surface area contributed by atoms with Crippen LogP contribution in [0.5, 0.6) is 0 Å². The summed E-state index contributed by atoms with van der Waals surface area (Å²) in [7, 11) is 0. The summed E-state index contributed by atoms with van der Waals surface area (Å²) >= 11 is 0. The molecule has 4 aromatic rings. The van der Waals surface area contributed by atoms with Crippen LogP contribution in [0, 0.1) is 13.8 Å². The Kier molecular flexibility index (Phi) is 5.26. The summed E-state index contributed by atoms with van der Waals surface area (Å²) in [4.78, 5) is 14.9. The summed E-state index contributed by atoms with van der Waals surface area (Å²) < 4.78 is 0. The molecule has 0 atom stereocenters. The van der Waals surface area contributed by atoms with E-state index >= 15 is 0 Å². The lowest BCUT2D eigenvalue weighted by atomic mass is 10.0. The number of benzene rings is 4. The van der Waals surface area contributed by atoms with Crippen LogP contribution < -0.4 is 4.90 Å². The molecule has 4 rings (SSSR count). The summed E-state index contributed by atoms with van der Waals surface area (Å²) in [6, 6.07) is 34.2. The SMILES string of the molecule is Cc1ccc(N(c2ccc(C)cc2)c2ccc(C(=O)c3ccccc3)cc2)cc1. The molecule has 0 bridgehead atoms. The molecule has 2 heteroatoms. The molecule has 4 aromatic carbocycles. The van der Waals surface area contributed by atoms with E-state index in [0.29, 0.717) is 11.1 Å². The van der Waals surface area contributed by atoms with E-state index in [1.54, 1.807) is 0 Å². The van der Waals surface area contributed by atoms with Crippen molar-refractivity contribution in [3.63, 3.8) is 0 Å². The first-order valence-corrected chi connectivity index (χ1v) is 9.75. The van der Waals surface area contributed by atoms with Gasteiger partial charge in [0.2, 0.25) is 0 Å². The quantitative estimate of drug-likeness (QED) is 0.349. The fraction of sp³-hybridized carbons (Fsp3) is 0.0741. The second-order valence-corrected chi connectivity index (χ2v) is 7.25. The maximum absolute atomic E-state index is 12.7. The lowest BCUT2D eigenvalue weighted by molar-refractivity contribution is 0.103. The number of carbonyl (C=O) groups excluding carboxylic acids is 1. The van der Waals surface area contributed by atoms with Crippen molar-refractivity contribution in [2.24, 2.45) is 0 Å². The third-order valence-corrected chi connectivity index (χ3v) is 5.01. The van der Waals surface area contributed by atoms with Crippen molar-refractivity contribution in [1.29, 1.82) is 0 Å². The van der Waals surface area contributed by atoms with Crippen molar-refractivity contribution in [2.75, 3.05) is 4.90 Å². The third kappa shape index (κ3) is 4.12. The van der Waals surface area contributed by atoms with Gasteiger partial charge in [-0.1, -0.05) is 65.7 Å². The number of aryl methyl sites for hydroxylation is 2. The van der Waals surface area contributed by atoms with Crippen LogP contribution >= 0.6 is 0 Å². The van der Waals surface area contributed by atoms with Gasteiger partial charge in [-0.2, -0.15) is 0 Å². The van der Waals surface area contributed by atoms with Crippen LogP contribution in [0.25, 0.3) is 0 Å². The standard InChI is InChI=1S/C27H23NO/c1-20-8-14-24(15-9-20)28(25-16-10-21(2)11-17-25)26-18-12-23(13-19-26)27(29)22-6-4-3-5-7-22/h3-19H,1-2H3. The molecule has 142 valence electrons. The molecule has 0 aliphatic rings. The zero-order valence-corrected chi connectivity index (χ0v) is 16.7. The lowest BCUT2D eigenvalue weighted by Gasteiger charge is -2.26. The molecule has 0 heterocycles. The molecule has 29 heavy (non-hydrogen) atoms. The van der Waals surface area contributed by atoms with Crippen molar-refractivity contribution in [3.8, 4) is 0 Å². The lowest BCUT2D eigenvalue weighted by Crippen LogP contribution is -2.10. The van der Waals surface area contributed by atoms with Crippen molar-refractivity contribution in [3.05, 3.63) is 125 Å². The van der Waals surface area contributed by atoms with Crippen LogP contribution in [0.2, 0.25) is 0 Å². The van der Waals surface area contributed by atoms with Crippen molar-refractivity contribution in [2.45, 2.75) is 13.8 Å². The number of rotatable bonds is 5. The molecule has 0 aromatic heterocycles. The highest BCUT2D eigenvalue weighted by Crippen LogP contribution is 2.34. The third-order valence-electron chi connectivity index (χ3n) is 5.01. The van der Waals surface area contributed by atoms with Gasteiger partial charge in [-0.15, -0.1) is 0 Å². The van der Waals surface area contributed by atoms with Crippen LogP contribution in [0.1, 0.15) is 27.0 Å². The van der Waals surface area contributed by atoms with Gasteiger partial charge >= 0.3 is 0 Å². The van der Waals surface area contributed by atoms with Gasteiger partial charge in [0, 0.05) is 28.2 Å². The summed E-state index contributed by atoms with van der Waals surface area (Å²) in [5, 5.41) is 0. The Bertz CT molecular complexity index is 1050. The smallest absolute Gasteiger partial charge is 0.193 e. The maximum atomic E-state index is 12.7. The minimum absolute atomic E-state index is 0.0365. The molecule has 0 saturated heterocycles. The molecule has 0 fully saturated rings. The minimum atomic E-state index is 0.0365. The second kappa shape index (κ2) is 8.15. The van der Waals surface area contributed by atoms with Crippen molar-refractivity contribution in [1.82, 2.24) is 0 Å². The van der Waals surface area contributed by atoms with Gasteiger partial charge in [0.15, 0.2) is 5.78 Å². The molecule has 0 spiro atoms. The van der Waals surface area contributed by atoms with Crippen LogP contribution in [-0.4, -0.2) is 5.78 Å². The van der Waals surface area contributed by atoms with Crippen LogP contribution in [0.3, 0.4) is 0 Å². The zero-order chi connectivity index (χ0) is 20.2. The van der Waals surface area contributed by atoms with E-state index in [4.69, 9.17) is 0 Å². The zero-order valence-electron chi connectivity index (χ0n) is 16.7. The van der Waals surface area contributed by atoms with Gasteiger partial charge in [0.1, 0.15) is 0 Å². The van der Waals surface area contributed by atoms with E-state index in [1.807, 2.05) is 54.6 Å². The second-order valence-electron chi connectivity index (χ2n) is 7.25. The van der Waals surface area contributed by atoms with Crippen molar-refractivity contribution < 1.29 is 4.79 Å². The fourth-order valence-electron chi connectivity index (χ4n) is 3.35. The van der Waals surface area contributed by atoms with E-state index in [9.17, 15) is 4.79 Å². The highest BCUT2D eigenvalue weighted by molar-refractivity contribution is 6.09. The van der Waals surface area contributed by atoms with E-state index in [-0.39, 0.29) is 5.78 Å². The Morgan fingerprint density at radius 2 is 0.897 bits per heavy atom. The first-order valence-electron chi connectivity index (χ1n) is 9.75. The first kappa shape index (κ1) is 18.7. The number of hydrogen-bond donors (Lipinski definition) is 0. The predicted octanol–water partition coefficient (Wildman–Crippen LogP) is 7.00. The van der Waals surface area contributed by atoms with E-state index in [1.165, 1.54) is 11.1 Å². The number of nitrogens with zero attached hydrogens (tertiary/aromatic N) is 1. The molecule has 0 aliphatic heterocycles. The van der Waals surface area contributed by atoms with Gasteiger partial charge in [-0.05, 0) is 62.4 Å². The van der Waals surface area contributed by atoms with E-state index < -0.39 is 0 Å². The summed E-state index contributed by atoms with van der Waals surface area (Å²) in [5.41, 5.74) is 7.02. The molecule has 0 unspecified atom stereocenters. The van der Waals surface area contributed by atoms with Crippen LogP contribution in [-0.2, 0) is 0 Å². The van der Waals surface area contributed by atoms with Gasteiger partial charge in [0.05, 0.1) is 0 Å². The molecule has 0 amide bonds. The predicted molar refractivity (Wildman–Crippen MR) is 120 cm³/mol.